The first-order valence-electron chi connectivity index (χ1n) is 6.13. The SMILES string of the molecule is O=S(=O)(O)CCNC(=S)OCc1cnc2ccccc2c1. The molecule has 21 heavy (non-hydrogen) atoms. The molecule has 0 saturated carbocycles. The van der Waals surface area contributed by atoms with E-state index in [1.165, 1.54) is 0 Å². The summed E-state index contributed by atoms with van der Waals surface area (Å²) in [6.07, 6.45) is 1.70. The van der Waals surface area contributed by atoms with Crippen LogP contribution in [0.2, 0.25) is 0 Å². The Bertz CT molecular complexity index is 747. The molecule has 1 aromatic carbocycles. The second-order valence-electron chi connectivity index (χ2n) is 4.33. The van der Waals surface area contributed by atoms with Gasteiger partial charge in [-0.3, -0.25) is 9.54 Å². The Labute approximate surface area is 127 Å². The summed E-state index contributed by atoms with van der Waals surface area (Å²) in [7, 11) is -4.00. The van der Waals surface area contributed by atoms with Gasteiger partial charge < -0.3 is 10.1 Å². The average molecular weight is 326 g/mol. The zero-order valence-corrected chi connectivity index (χ0v) is 12.7. The summed E-state index contributed by atoms with van der Waals surface area (Å²) in [6.45, 7) is 0.225. The number of hydrogen-bond acceptors (Lipinski definition) is 5. The van der Waals surface area contributed by atoms with Gasteiger partial charge >= 0.3 is 0 Å². The minimum atomic E-state index is -4.00. The third kappa shape index (κ3) is 5.25. The molecule has 0 aliphatic carbocycles. The highest BCUT2D eigenvalue weighted by atomic mass is 32.2. The monoisotopic (exact) mass is 326 g/mol. The molecule has 1 heterocycles. The Morgan fingerprint density at radius 3 is 2.90 bits per heavy atom. The summed E-state index contributed by atoms with van der Waals surface area (Å²) in [5, 5.41) is 3.68. The number of para-hydroxylation sites is 1. The molecule has 1 aromatic heterocycles. The number of nitrogens with zero attached hydrogens (tertiary/aromatic N) is 1. The molecule has 0 aliphatic heterocycles. The van der Waals surface area contributed by atoms with Gasteiger partial charge in [-0.1, -0.05) is 18.2 Å². The van der Waals surface area contributed by atoms with Crippen molar-refractivity contribution in [1.82, 2.24) is 10.3 Å². The summed E-state index contributed by atoms with van der Waals surface area (Å²) in [6, 6.07) is 9.66. The lowest BCUT2D eigenvalue weighted by atomic mass is 10.2. The van der Waals surface area contributed by atoms with Crippen molar-refractivity contribution in [2.75, 3.05) is 12.3 Å². The Hall–Kier alpha value is -1.77. The number of rotatable bonds is 5. The van der Waals surface area contributed by atoms with Gasteiger partial charge in [-0.05, 0) is 24.4 Å². The van der Waals surface area contributed by atoms with Crippen molar-refractivity contribution >= 4 is 38.4 Å². The topological polar surface area (TPSA) is 88.5 Å². The lowest BCUT2D eigenvalue weighted by Crippen LogP contribution is -2.29. The number of aromatic nitrogens is 1. The van der Waals surface area contributed by atoms with E-state index in [0.717, 1.165) is 16.5 Å². The third-order valence-corrected chi connectivity index (χ3v) is 3.63. The van der Waals surface area contributed by atoms with Gasteiger partial charge in [0.2, 0.25) is 0 Å². The first kappa shape index (κ1) is 15.6. The van der Waals surface area contributed by atoms with E-state index < -0.39 is 15.9 Å². The number of fused-ring (bicyclic) bond motifs is 1. The van der Waals surface area contributed by atoms with Crippen LogP contribution >= 0.6 is 12.2 Å². The van der Waals surface area contributed by atoms with Crippen molar-refractivity contribution in [3.8, 4) is 0 Å². The lowest BCUT2D eigenvalue weighted by molar-refractivity contribution is 0.287. The maximum Gasteiger partial charge on any atom is 0.266 e. The number of pyridine rings is 1. The molecule has 2 rings (SSSR count). The van der Waals surface area contributed by atoms with Crippen LogP contribution in [-0.4, -0.2) is 35.4 Å². The van der Waals surface area contributed by atoms with E-state index in [9.17, 15) is 8.42 Å². The molecule has 0 fully saturated rings. The van der Waals surface area contributed by atoms with E-state index in [2.05, 4.69) is 10.3 Å². The number of hydrogen-bond donors (Lipinski definition) is 2. The molecule has 2 N–H and O–H groups in total. The van der Waals surface area contributed by atoms with Gasteiger partial charge in [0.1, 0.15) is 6.61 Å². The molecular formula is C13H14N2O4S2. The molecule has 0 radical (unpaired) electrons. The fourth-order valence-corrected chi connectivity index (χ4v) is 2.20. The standard InChI is InChI=1S/C13H14N2O4S2/c16-21(17,18)6-5-14-13(20)19-9-10-7-11-3-1-2-4-12(11)15-8-10/h1-4,7-8H,5-6,9H2,(H,14,20)(H,16,17,18). The van der Waals surface area contributed by atoms with Gasteiger partial charge in [-0.15, -0.1) is 0 Å². The van der Waals surface area contributed by atoms with Crippen LogP contribution in [0.4, 0.5) is 0 Å². The minimum absolute atomic E-state index is 0.00631. The summed E-state index contributed by atoms with van der Waals surface area (Å²) in [5.41, 5.74) is 1.75. The zero-order chi connectivity index (χ0) is 15.3. The Morgan fingerprint density at radius 2 is 2.14 bits per heavy atom. The van der Waals surface area contributed by atoms with Gasteiger partial charge in [0.15, 0.2) is 0 Å². The van der Waals surface area contributed by atoms with Gasteiger partial charge in [-0.2, -0.15) is 8.42 Å². The zero-order valence-electron chi connectivity index (χ0n) is 11.0. The van der Waals surface area contributed by atoms with Crippen molar-refractivity contribution in [1.29, 1.82) is 0 Å². The van der Waals surface area contributed by atoms with Crippen LogP contribution in [0.1, 0.15) is 5.56 Å². The second kappa shape index (κ2) is 6.79. The molecular weight excluding hydrogens is 312 g/mol. The molecule has 0 atom stereocenters. The molecule has 0 unspecified atom stereocenters. The fraction of sp³-hybridized carbons (Fsp3) is 0.231. The van der Waals surface area contributed by atoms with Crippen molar-refractivity contribution in [3.05, 3.63) is 42.1 Å². The number of ether oxygens (including phenoxy) is 1. The van der Waals surface area contributed by atoms with Crippen molar-refractivity contribution in [3.63, 3.8) is 0 Å². The summed E-state index contributed by atoms with van der Waals surface area (Å²) >= 11 is 4.91. The van der Waals surface area contributed by atoms with Crippen molar-refractivity contribution in [2.45, 2.75) is 6.61 Å². The van der Waals surface area contributed by atoms with E-state index in [-0.39, 0.29) is 18.3 Å². The smallest absolute Gasteiger partial charge is 0.266 e. The van der Waals surface area contributed by atoms with E-state index >= 15 is 0 Å². The number of benzene rings is 1. The van der Waals surface area contributed by atoms with E-state index in [0.29, 0.717) is 0 Å². The van der Waals surface area contributed by atoms with E-state index in [1.54, 1.807) is 6.20 Å². The molecule has 0 saturated heterocycles. The predicted molar refractivity (Wildman–Crippen MR) is 83.5 cm³/mol. The van der Waals surface area contributed by atoms with Crippen molar-refractivity contribution < 1.29 is 17.7 Å². The predicted octanol–water partition coefficient (Wildman–Crippen LogP) is 1.51. The van der Waals surface area contributed by atoms with Crippen LogP contribution in [0.25, 0.3) is 10.9 Å². The number of nitrogens with one attached hydrogen (secondary N) is 1. The van der Waals surface area contributed by atoms with Crippen molar-refractivity contribution in [2.24, 2.45) is 0 Å². The summed E-state index contributed by atoms with van der Waals surface area (Å²) < 4.78 is 35.0. The fourth-order valence-electron chi connectivity index (χ4n) is 1.68. The molecule has 0 spiro atoms. The van der Waals surface area contributed by atoms with E-state index in [1.807, 2.05) is 30.3 Å². The normalized spacial score (nSPS) is 11.3. The van der Waals surface area contributed by atoms with Crippen LogP contribution in [0, 0.1) is 0 Å². The lowest BCUT2D eigenvalue weighted by Gasteiger charge is -2.09. The van der Waals surface area contributed by atoms with Gasteiger partial charge in [-0.25, -0.2) is 0 Å². The molecule has 8 heteroatoms. The van der Waals surface area contributed by atoms with Crippen LogP contribution < -0.4 is 5.32 Å². The Morgan fingerprint density at radius 1 is 1.38 bits per heavy atom. The quantitative estimate of drug-likeness (QED) is 0.636. The Balaban J connectivity index is 1.85. The highest BCUT2D eigenvalue weighted by Crippen LogP contribution is 2.13. The van der Waals surface area contributed by atoms with Crippen LogP contribution in [0.15, 0.2) is 36.5 Å². The summed E-state index contributed by atoms with van der Waals surface area (Å²) in [4.78, 5) is 4.30. The molecule has 0 bridgehead atoms. The highest BCUT2D eigenvalue weighted by molar-refractivity contribution is 7.85. The molecule has 6 nitrogen and oxygen atoms in total. The van der Waals surface area contributed by atoms with Gasteiger partial charge in [0.25, 0.3) is 15.3 Å². The van der Waals surface area contributed by atoms with Gasteiger partial charge in [0.05, 0.1) is 11.3 Å². The van der Waals surface area contributed by atoms with Crippen LogP contribution in [-0.2, 0) is 21.5 Å². The largest absolute Gasteiger partial charge is 0.466 e. The Kier molecular flexibility index (Phi) is 5.05. The molecule has 0 amide bonds. The highest BCUT2D eigenvalue weighted by Gasteiger charge is 2.05. The number of thiocarbonyl (C=S) groups is 1. The van der Waals surface area contributed by atoms with Gasteiger partial charge in [0, 0.05) is 23.7 Å². The first-order chi connectivity index (χ1) is 9.94. The average Bonchev–Trinajstić information content (AvgIpc) is 2.43. The third-order valence-electron chi connectivity index (χ3n) is 2.65. The maximum absolute atomic E-state index is 10.5. The second-order valence-corrected chi connectivity index (χ2v) is 6.27. The van der Waals surface area contributed by atoms with Crippen LogP contribution in [0.5, 0.6) is 0 Å². The molecule has 2 aromatic rings. The molecule has 112 valence electrons. The molecule has 0 aliphatic rings. The first-order valence-corrected chi connectivity index (χ1v) is 8.15. The van der Waals surface area contributed by atoms with E-state index in [4.69, 9.17) is 21.5 Å². The maximum atomic E-state index is 10.5. The minimum Gasteiger partial charge on any atom is -0.466 e. The van der Waals surface area contributed by atoms with Crippen LogP contribution in [0.3, 0.4) is 0 Å². The summed E-state index contributed by atoms with van der Waals surface area (Å²) in [5.74, 6) is -0.423.